The van der Waals surface area contributed by atoms with Crippen LogP contribution in [-0.2, 0) is 11.2 Å². The van der Waals surface area contributed by atoms with Gasteiger partial charge in [-0.1, -0.05) is 55.9 Å². The number of rotatable bonds is 7. The Kier molecular flexibility index (Phi) is 6.66. The van der Waals surface area contributed by atoms with Gasteiger partial charge in [-0.05, 0) is 31.1 Å². The fourth-order valence-electron chi connectivity index (χ4n) is 2.48. The van der Waals surface area contributed by atoms with Crippen molar-refractivity contribution in [1.82, 2.24) is 10.3 Å². The molecule has 0 spiro atoms. The van der Waals surface area contributed by atoms with Crippen molar-refractivity contribution in [3.63, 3.8) is 0 Å². The zero-order valence-corrected chi connectivity index (χ0v) is 15.8. The summed E-state index contributed by atoms with van der Waals surface area (Å²) in [6.07, 6.45) is 3.36. The third kappa shape index (κ3) is 5.36. The van der Waals surface area contributed by atoms with Crippen molar-refractivity contribution in [3.05, 3.63) is 46.5 Å². The number of aromatic nitrogens is 1. The van der Waals surface area contributed by atoms with Crippen molar-refractivity contribution in [2.24, 2.45) is 5.92 Å². The lowest BCUT2D eigenvalue weighted by atomic mass is 9.97. The van der Waals surface area contributed by atoms with Gasteiger partial charge >= 0.3 is 0 Å². The Labute approximate surface area is 146 Å². The fraction of sp³-hybridized carbons (Fsp3) is 0.444. The Morgan fingerprint density at radius 2 is 2.00 bits per heavy atom. The molecule has 1 heterocycles. The molecule has 1 amide bonds. The van der Waals surface area contributed by atoms with Crippen LogP contribution in [0.1, 0.15) is 42.4 Å². The van der Waals surface area contributed by atoms with Gasteiger partial charge in [-0.3, -0.25) is 4.79 Å². The second kappa shape index (κ2) is 8.50. The maximum absolute atomic E-state index is 12.5. The lowest BCUT2D eigenvalue weighted by Crippen LogP contribution is -2.30. The summed E-state index contributed by atoms with van der Waals surface area (Å²) in [4.78, 5) is 18.0. The van der Waals surface area contributed by atoms with E-state index in [0.29, 0.717) is 12.3 Å². The Morgan fingerprint density at radius 1 is 1.30 bits per heavy atom. The summed E-state index contributed by atoms with van der Waals surface area (Å²) in [7, 11) is 0. The maximum Gasteiger partial charge on any atom is 0.225 e. The van der Waals surface area contributed by atoms with Crippen LogP contribution >= 0.6 is 23.1 Å². The molecule has 0 aliphatic carbocycles. The van der Waals surface area contributed by atoms with Crippen LogP contribution in [0.25, 0.3) is 0 Å². The van der Waals surface area contributed by atoms with Gasteiger partial charge in [0.15, 0.2) is 0 Å². The summed E-state index contributed by atoms with van der Waals surface area (Å²) >= 11 is 3.24. The number of carbonyl (C=O) groups excluding carboxylic acids is 1. The number of carbonyl (C=O) groups is 1. The van der Waals surface area contributed by atoms with E-state index in [4.69, 9.17) is 0 Å². The number of nitrogens with one attached hydrogen (secondary N) is 1. The SMILES string of the molecule is CSc1nc(C)c(CC(=O)NC(CC(C)C)c2ccccc2)s1. The van der Waals surface area contributed by atoms with Gasteiger partial charge in [-0.25, -0.2) is 4.98 Å². The van der Waals surface area contributed by atoms with Crippen LogP contribution in [-0.4, -0.2) is 17.1 Å². The van der Waals surface area contributed by atoms with E-state index in [1.54, 1.807) is 23.1 Å². The van der Waals surface area contributed by atoms with E-state index in [0.717, 1.165) is 21.3 Å². The molecular formula is C18H24N2OS2. The molecule has 0 saturated heterocycles. The molecular weight excluding hydrogens is 324 g/mol. The normalized spacial score (nSPS) is 12.4. The highest BCUT2D eigenvalue weighted by Crippen LogP contribution is 2.26. The summed E-state index contributed by atoms with van der Waals surface area (Å²) in [5.74, 6) is 0.590. The highest BCUT2D eigenvalue weighted by Gasteiger charge is 2.18. The predicted octanol–water partition coefficient (Wildman–Crippen LogP) is 4.62. The van der Waals surface area contributed by atoms with Gasteiger partial charge in [0.1, 0.15) is 4.34 Å². The lowest BCUT2D eigenvalue weighted by Gasteiger charge is -2.21. The number of amides is 1. The van der Waals surface area contributed by atoms with Gasteiger partial charge < -0.3 is 5.32 Å². The highest BCUT2D eigenvalue weighted by atomic mass is 32.2. The van der Waals surface area contributed by atoms with Gasteiger partial charge in [0, 0.05) is 4.88 Å². The Hall–Kier alpha value is -1.33. The summed E-state index contributed by atoms with van der Waals surface area (Å²) in [6.45, 7) is 6.34. The molecule has 0 aliphatic rings. The molecule has 3 nitrogen and oxygen atoms in total. The average molecular weight is 349 g/mol. The van der Waals surface area contributed by atoms with Crippen LogP contribution in [0, 0.1) is 12.8 Å². The molecule has 1 aromatic carbocycles. The van der Waals surface area contributed by atoms with Crippen LogP contribution < -0.4 is 5.32 Å². The molecule has 5 heteroatoms. The molecule has 0 aliphatic heterocycles. The topological polar surface area (TPSA) is 42.0 Å². The quantitative estimate of drug-likeness (QED) is 0.742. The summed E-state index contributed by atoms with van der Waals surface area (Å²) < 4.78 is 1.02. The van der Waals surface area contributed by atoms with E-state index >= 15 is 0 Å². The van der Waals surface area contributed by atoms with Crippen molar-refractivity contribution in [2.45, 2.75) is 44.0 Å². The van der Waals surface area contributed by atoms with Gasteiger partial charge in [-0.15, -0.1) is 11.3 Å². The minimum atomic E-state index is 0.0666. The van der Waals surface area contributed by atoms with E-state index < -0.39 is 0 Å². The first-order valence-electron chi connectivity index (χ1n) is 7.84. The maximum atomic E-state index is 12.5. The van der Waals surface area contributed by atoms with Crippen LogP contribution in [0.2, 0.25) is 0 Å². The Bertz CT molecular complexity index is 638. The van der Waals surface area contributed by atoms with Gasteiger partial charge in [-0.2, -0.15) is 0 Å². The van der Waals surface area contributed by atoms with E-state index in [9.17, 15) is 4.79 Å². The third-order valence-electron chi connectivity index (χ3n) is 3.61. The molecule has 23 heavy (non-hydrogen) atoms. The number of thioether (sulfide) groups is 1. The number of thiazole rings is 1. The second-order valence-electron chi connectivity index (χ2n) is 6.03. The van der Waals surface area contributed by atoms with Gasteiger partial charge in [0.05, 0.1) is 18.2 Å². The number of hydrogen-bond acceptors (Lipinski definition) is 4. The molecule has 0 saturated carbocycles. The molecule has 1 atom stereocenters. The zero-order chi connectivity index (χ0) is 16.8. The number of nitrogens with zero attached hydrogens (tertiary/aromatic N) is 1. The minimum absolute atomic E-state index is 0.0666. The highest BCUT2D eigenvalue weighted by molar-refractivity contribution is 8.00. The summed E-state index contributed by atoms with van der Waals surface area (Å²) in [5.41, 5.74) is 2.13. The lowest BCUT2D eigenvalue weighted by molar-refractivity contribution is -0.121. The molecule has 0 bridgehead atoms. The van der Waals surface area contributed by atoms with Crippen molar-refractivity contribution in [2.75, 3.05) is 6.26 Å². The molecule has 0 radical (unpaired) electrons. The standard InChI is InChI=1S/C18H24N2OS2/c1-12(2)10-15(14-8-6-5-7-9-14)20-17(21)11-16-13(3)19-18(22-4)23-16/h5-9,12,15H,10-11H2,1-4H3,(H,20,21). The van der Waals surface area contributed by atoms with E-state index in [1.165, 1.54) is 5.56 Å². The monoisotopic (exact) mass is 348 g/mol. The molecule has 2 aromatic rings. The van der Waals surface area contributed by atoms with Crippen molar-refractivity contribution in [3.8, 4) is 0 Å². The average Bonchev–Trinajstić information content (AvgIpc) is 2.87. The van der Waals surface area contributed by atoms with Crippen LogP contribution in [0.5, 0.6) is 0 Å². The number of aryl methyl sites for hydroxylation is 1. The smallest absolute Gasteiger partial charge is 0.225 e. The first-order chi connectivity index (χ1) is 11.0. The first-order valence-corrected chi connectivity index (χ1v) is 9.88. The zero-order valence-electron chi connectivity index (χ0n) is 14.1. The van der Waals surface area contributed by atoms with Crippen LogP contribution in [0.3, 0.4) is 0 Å². The largest absolute Gasteiger partial charge is 0.349 e. The number of hydrogen-bond donors (Lipinski definition) is 1. The van der Waals surface area contributed by atoms with Crippen molar-refractivity contribution in [1.29, 1.82) is 0 Å². The molecule has 2 rings (SSSR count). The van der Waals surface area contributed by atoms with E-state index in [-0.39, 0.29) is 11.9 Å². The van der Waals surface area contributed by atoms with Crippen LogP contribution in [0.4, 0.5) is 0 Å². The molecule has 0 fully saturated rings. The molecule has 1 aromatic heterocycles. The third-order valence-corrected chi connectivity index (χ3v) is 5.76. The van der Waals surface area contributed by atoms with E-state index in [1.807, 2.05) is 31.4 Å². The summed E-state index contributed by atoms with van der Waals surface area (Å²) in [5, 5.41) is 3.20. The van der Waals surface area contributed by atoms with Crippen LogP contribution in [0.15, 0.2) is 34.7 Å². The Balaban J connectivity index is 2.06. The van der Waals surface area contributed by atoms with Crippen molar-refractivity contribution >= 4 is 29.0 Å². The molecule has 124 valence electrons. The molecule has 1 unspecified atom stereocenters. The van der Waals surface area contributed by atoms with Gasteiger partial charge in [0.25, 0.3) is 0 Å². The second-order valence-corrected chi connectivity index (χ2v) is 8.17. The predicted molar refractivity (Wildman–Crippen MR) is 99.1 cm³/mol. The number of benzene rings is 1. The van der Waals surface area contributed by atoms with Gasteiger partial charge in [0.2, 0.25) is 5.91 Å². The minimum Gasteiger partial charge on any atom is -0.349 e. The van der Waals surface area contributed by atoms with Crippen molar-refractivity contribution < 1.29 is 4.79 Å². The summed E-state index contributed by atoms with van der Waals surface area (Å²) in [6, 6.07) is 10.3. The molecule has 1 N–H and O–H groups in total. The first kappa shape index (κ1) is 18.0. The fourth-order valence-corrected chi connectivity index (χ4v) is 4.13. The Morgan fingerprint density at radius 3 is 2.57 bits per heavy atom. The van der Waals surface area contributed by atoms with E-state index in [2.05, 4.69) is 36.3 Å².